The number of rotatable bonds is 4. The molecule has 0 aliphatic heterocycles. The van der Waals surface area contributed by atoms with Crippen molar-refractivity contribution in [3.63, 3.8) is 0 Å². The summed E-state index contributed by atoms with van der Waals surface area (Å²) in [5.41, 5.74) is 3.54. The van der Waals surface area contributed by atoms with Crippen molar-refractivity contribution in [2.24, 2.45) is 0 Å². The predicted molar refractivity (Wildman–Crippen MR) is 76.2 cm³/mol. The molecule has 1 aromatic heterocycles. The molecule has 0 fully saturated rings. The van der Waals surface area contributed by atoms with Gasteiger partial charge in [-0.25, -0.2) is 4.39 Å². The van der Waals surface area contributed by atoms with Crippen LogP contribution < -0.4 is 0 Å². The van der Waals surface area contributed by atoms with Gasteiger partial charge in [0, 0.05) is 23.9 Å². The minimum Gasteiger partial charge on any atom is -0.312 e. The topological polar surface area (TPSA) is 36.7 Å². The number of aryl methyl sites for hydroxylation is 1. The number of pyridine rings is 1. The summed E-state index contributed by atoms with van der Waals surface area (Å²) in [6.07, 6.45) is 3.94. The molecular formula is C16H17FN2. The molecule has 1 N–H and O–H groups in total. The highest BCUT2D eigenvalue weighted by Crippen LogP contribution is 2.31. The maximum atomic E-state index is 13.6. The molecule has 0 saturated carbocycles. The van der Waals surface area contributed by atoms with Crippen molar-refractivity contribution in [1.82, 2.24) is 4.98 Å². The molecule has 3 heteroatoms. The van der Waals surface area contributed by atoms with Crippen molar-refractivity contribution in [3.05, 3.63) is 53.5 Å². The van der Waals surface area contributed by atoms with Gasteiger partial charge in [0.05, 0.1) is 5.69 Å². The lowest BCUT2D eigenvalue weighted by Gasteiger charge is -2.16. The molecule has 0 amide bonds. The van der Waals surface area contributed by atoms with Gasteiger partial charge in [-0.05, 0) is 42.7 Å². The van der Waals surface area contributed by atoms with Gasteiger partial charge in [0.2, 0.25) is 0 Å². The standard InChI is InChI=1S/C16H17FN2/c1-3-12(10-18)14-7-6-13(17)9-15(14)16-11(2)5-4-8-19-16/h4-10,12,18H,3H2,1-2H3. The Morgan fingerprint density at radius 1 is 1.37 bits per heavy atom. The van der Waals surface area contributed by atoms with Crippen LogP contribution in [-0.4, -0.2) is 11.2 Å². The van der Waals surface area contributed by atoms with Gasteiger partial charge < -0.3 is 5.41 Å². The van der Waals surface area contributed by atoms with Crippen LogP contribution in [0.3, 0.4) is 0 Å². The van der Waals surface area contributed by atoms with Crippen molar-refractivity contribution >= 4 is 6.21 Å². The molecule has 0 radical (unpaired) electrons. The number of benzene rings is 1. The Morgan fingerprint density at radius 3 is 2.79 bits per heavy atom. The van der Waals surface area contributed by atoms with Crippen LogP contribution in [0.4, 0.5) is 4.39 Å². The lowest BCUT2D eigenvalue weighted by Crippen LogP contribution is -2.02. The normalized spacial score (nSPS) is 12.2. The van der Waals surface area contributed by atoms with E-state index in [1.165, 1.54) is 18.3 Å². The molecule has 2 rings (SSSR count). The fourth-order valence-electron chi connectivity index (χ4n) is 2.25. The summed E-state index contributed by atoms with van der Waals surface area (Å²) < 4.78 is 13.6. The van der Waals surface area contributed by atoms with Crippen molar-refractivity contribution in [2.45, 2.75) is 26.2 Å². The van der Waals surface area contributed by atoms with E-state index >= 15 is 0 Å². The van der Waals surface area contributed by atoms with Crippen LogP contribution in [0.5, 0.6) is 0 Å². The zero-order chi connectivity index (χ0) is 13.8. The van der Waals surface area contributed by atoms with Crippen LogP contribution in [-0.2, 0) is 0 Å². The monoisotopic (exact) mass is 256 g/mol. The van der Waals surface area contributed by atoms with Gasteiger partial charge in [-0.2, -0.15) is 0 Å². The van der Waals surface area contributed by atoms with Gasteiger partial charge in [-0.3, -0.25) is 4.98 Å². The molecule has 2 aromatic rings. The van der Waals surface area contributed by atoms with E-state index in [1.54, 1.807) is 12.3 Å². The maximum Gasteiger partial charge on any atom is 0.123 e. The molecule has 0 saturated heterocycles. The van der Waals surface area contributed by atoms with Crippen LogP contribution >= 0.6 is 0 Å². The minimum absolute atomic E-state index is 0.00277. The first-order chi connectivity index (χ1) is 9.17. The Labute approximate surface area is 112 Å². The smallest absolute Gasteiger partial charge is 0.123 e. The van der Waals surface area contributed by atoms with E-state index in [0.717, 1.165) is 28.8 Å². The number of aromatic nitrogens is 1. The first-order valence-electron chi connectivity index (χ1n) is 6.39. The van der Waals surface area contributed by atoms with Gasteiger partial charge in [0.1, 0.15) is 5.82 Å². The lowest BCUT2D eigenvalue weighted by molar-refractivity contribution is 0.627. The van der Waals surface area contributed by atoms with Gasteiger partial charge in [-0.15, -0.1) is 0 Å². The summed E-state index contributed by atoms with van der Waals surface area (Å²) in [4.78, 5) is 4.36. The molecule has 1 atom stereocenters. The SMILES string of the molecule is CCC(C=N)c1ccc(F)cc1-c1ncccc1C. The summed E-state index contributed by atoms with van der Waals surface area (Å²) in [5.74, 6) is -0.277. The van der Waals surface area contributed by atoms with E-state index in [1.807, 2.05) is 26.0 Å². The Balaban J connectivity index is 2.64. The van der Waals surface area contributed by atoms with Crippen LogP contribution in [0.1, 0.15) is 30.4 Å². The fraction of sp³-hybridized carbons (Fsp3) is 0.250. The molecule has 1 aromatic carbocycles. The fourth-order valence-corrected chi connectivity index (χ4v) is 2.25. The van der Waals surface area contributed by atoms with Crippen molar-refractivity contribution < 1.29 is 4.39 Å². The molecule has 0 bridgehead atoms. The molecule has 98 valence electrons. The predicted octanol–water partition coefficient (Wildman–Crippen LogP) is 4.34. The van der Waals surface area contributed by atoms with Gasteiger partial charge >= 0.3 is 0 Å². The van der Waals surface area contributed by atoms with E-state index in [-0.39, 0.29) is 11.7 Å². The average Bonchev–Trinajstić information content (AvgIpc) is 2.42. The van der Waals surface area contributed by atoms with Gasteiger partial charge in [0.25, 0.3) is 0 Å². The second-order valence-corrected chi connectivity index (χ2v) is 4.58. The zero-order valence-electron chi connectivity index (χ0n) is 11.2. The third-order valence-corrected chi connectivity index (χ3v) is 3.32. The first-order valence-corrected chi connectivity index (χ1v) is 6.39. The quantitative estimate of drug-likeness (QED) is 0.812. The minimum atomic E-state index is -0.274. The number of hydrogen-bond donors (Lipinski definition) is 1. The summed E-state index contributed by atoms with van der Waals surface area (Å²) in [7, 11) is 0. The molecule has 2 nitrogen and oxygen atoms in total. The van der Waals surface area contributed by atoms with Crippen LogP contribution in [0.2, 0.25) is 0 Å². The van der Waals surface area contributed by atoms with Crippen molar-refractivity contribution in [3.8, 4) is 11.3 Å². The van der Waals surface area contributed by atoms with E-state index < -0.39 is 0 Å². The third kappa shape index (κ3) is 2.70. The third-order valence-electron chi connectivity index (χ3n) is 3.32. The van der Waals surface area contributed by atoms with Crippen LogP contribution in [0.25, 0.3) is 11.3 Å². The largest absolute Gasteiger partial charge is 0.312 e. The Morgan fingerprint density at radius 2 is 2.16 bits per heavy atom. The second-order valence-electron chi connectivity index (χ2n) is 4.58. The van der Waals surface area contributed by atoms with Crippen LogP contribution in [0.15, 0.2) is 36.5 Å². The molecule has 1 heterocycles. The number of nitrogens with one attached hydrogen (secondary N) is 1. The molecular weight excluding hydrogens is 239 g/mol. The average molecular weight is 256 g/mol. The van der Waals surface area contributed by atoms with Crippen molar-refractivity contribution in [1.29, 1.82) is 5.41 Å². The molecule has 0 aliphatic carbocycles. The summed E-state index contributed by atoms with van der Waals surface area (Å²) in [5, 5.41) is 7.52. The van der Waals surface area contributed by atoms with E-state index in [4.69, 9.17) is 5.41 Å². The highest BCUT2D eigenvalue weighted by molar-refractivity contribution is 5.74. The van der Waals surface area contributed by atoms with E-state index in [2.05, 4.69) is 4.98 Å². The Hall–Kier alpha value is -2.03. The maximum absolute atomic E-state index is 13.6. The summed E-state index contributed by atoms with van der Waals surface area (Å²) in [6, 6.07) is 8.55. The highest BCUT2D eigenvalue weighted by Gasteiger charge is 2.15. The van der Waals surface area contributed by atoms with E-state index in [9.17, 15) is 4.39 Å². The molecule has 1 unspecified atom stereocenters. The van der Waals surface area contributed by atoms with Crippen LogP contribution in [0, 0.1) is 18.2 Å². The zero-order valence-corrected chi connectivity index (χ0v) is 11.2. The van der Waals surface area contributed by atoms with Gasteiger partial charge in [0.15, 0.2) is 0 Å². The molecule has 19 heavy (non-hydrogen) atoms. The highest BCUT2D eigenvalue weighted by atomic mass is 19.1. The second kappa shape index (κ2) is 5.74. The summed E-state index contributed by atoms with van der Waals surface area (Å²) in [6.45, 7) is 3.98. The number of nitrogens with zero attached hydrogens (tertiary/aromatic N) is 1. The Kier molecular flexibility index (Phi) is 4.05. The van der Waals surface area contributed by atoms with Gasteiger partial charge in [-0.1, -0.05) is 19.1 Å². The number of hydrogen-bond acceptors (Lipinski definition) is 2. The summed E-state index contributed by atoms with van der Waals surface area (Å²) >= 11 is 0. The van der Waals surface area contributed by atoms with E-state index in [0.29, 0.717) is 0 Å². The Bertz CT molecular complexity index is 593. The molecule has 0 spiro atoms. The molecule has 0 aliphatic rings. The number of halogens is 1. The van der Waals surface area contributed by atoms with Crippen molar-refractivity contribution in [2.75, 3.05) is 0 Å². The first kappa shape index (κ1) is 13.4. The lowest BCUT2D eigenvalue weighted by atomic mass is 9.90.